The molecule has 0 N–H and O–H groups in total. The number of unbranched alkanes of at least 4 members (excludes halogenated alkanes) is 5. The van der Waals surface area contributed by atoms with E-state index in [-0.39, 0.29) is 28.9 Å². The van der Waals surface area contributed by atoms with Crippen molar-refractivity contribution in [2.75, 3.05) is 31.1 Å². The topological polar surface area (TPSA) is 95.6 Å². The fourth-order valence-corrected chi connectivity index (χ4v) is 6.58. The van der Waals surface area contributed by atoms with Crippen molar-refractivity contribution in [3.8, 4) is 6.07 Å². The summed E-state index contributed by atoms with van der Waals surface area (Å²) in [5.41, 5.74) is 1.05. The zero-order chi connectivity index (χ0) is 29.2. The molecule has 0 aromatic carbocycles. The van der Waals surface area contributed by atoms with Gasteiger partial charge < -0.3 is 9.64 Å². The number of pyridine rings is 1. The molecule has 0 radical (unpaired) electrons. The van der Waals surface area contributed by atoms with Crippen molar-refractivity contribution >= 4 is 52.1 Å². The molecule has 2 aliphatic heterocycles. The summed E-state index contributed by atoms with van der Waals surface area (Å²) in [6.07, 6.45) is 10.2. The van der Waals surface area contributed by atoms with E-state index in [1.807, 2.05) is 6.08 Å². The van der Waals surface area contributed by atoms with Gasteiger partial charge in [0.2, 0.25) is 0 Å². The summed E-state index contributed by atoms with van der Waals surface area (Å²) in [5.74, 6) is 0.229. The number of anilines is 1. The molecule has 2 aliphatic rings. The Morgan fingerprint density at radius 1 is 1.07 bits per heavy atom. The second kappa shape index (κ2) is 15.4. The van der Waals surface area contributed by atoms with E-state index in [0.29, 0.717) is 71.8 Å². The SMILES string of the molecule is CCCCCCCN1C(=O)C(=Cc2c(C)c(C#N)c(=O)n(CCCC)c2N2CCC(C(=O)OCC)CC2)SC1=S. The minimum atomic E-state index is -0.312. The van der Waals surface area contributed by atoms with Crippen LogP contribution in [0.4, 0.5) is 5.82 Å². The van der Waals surface area contributed by atoms with Crippen molar-refractivity contribution < 1.29 is 14.3 Å². The van der Waals surface area contributed by atoms with Gasteiger partial charge in [0.25, 0.3) is 11.5 Å². The average Bonchev–Trinajstić information content (AvgIpc) is 3.21. The van der Waals surface area contributed by atoms with Crippen molar-refractivity contribution in [1.29, 1.82) is 5.26 Å². The van der Waals surface area contributed by atoms with E-state index in [4.69, 9.17) is 17.0 Å². The number of esters is 1. The maximum atomic E-state index is 13.5. The number of hydrogen-bond donors (Lipinski definition) is 0. The highest BCUT2D eigenvalue weighted by Crippen LogP contribution is 2.37. The van der Waals surface area contributed by atoms with Crippen LogP contribution in [0.15, 0.2) is 9.70 Å². The van der Waals surface area contributed by atoms with Gasteiger partial charge in [-0.1, -0.05) is 69.9 Å². The molecule has 0 unspecified atom stereocenters. The number of carbonyl (C=O) groups is 2. The highest BCUT2D eigenvalue weighted by atomic mass is 32.2. The molecule has 1 amide bonds. The van der Waals surface area contributed by atoms with E-state index in [1.54, 1.807) is 23.3 Å². The highest BCUT2D eigenvalue weighted by Gasteiger charge is 2.34. The molecule has 0 saturated carbocycles. The number of thioether (sulfide) groups is 1. The molecule has 40 heavy (non-hydrogen) atoms. The smallest absolute Gasteiger partial charge is 0.309 e. The van der Waals surface area contributed by atoms with Gasteiger partial charge in [-0.3, -0.25) is 23.9 Å². The molecule has 0 bridgehead atoms. The summed E-state index contributed by atoms with van der Waals surface area (Å²) < 4.78 is 7.48. The molecule has 8 nitrogen and oxygen atoms in total. The first kappa shape index (κ1) is 31.9. The fourth-order valence-electron chi connectivity index (χ4n) is 5.29. The first-order valence-electron chi connectivity index (χ1n) is 14.6. The standard InChI is InChI=1S/C30H42N4O4S2/c1-5-8-10-11-12-16-34-28(36)25(40-30(34)39)19-23-21(4)24(20-31)27(35)33(15-9-6-2)26(23)32-17-13-22(14-18-32)29(37)38-7-3/h19,22H,5-18H2,1-4H3. The first-order chi connectivity index (χ1) is 19.3. The molecule has 3 rings (SSSR count). The van der Waals surface area contributed by atoms with Gasteiger partial charge in [0.05, 0.1) is 17.4 Å². The van der Waals surface area contributed by atoms with E-state index in [1.165, 1.54) is 18.2 Å². The van der Waals surface area contributed by atoms with Crippen LogP contribution < -0.4 is 10.5 Å². The summed E-state index contributed by atoms with van der Waals surface area (Å²) in [6, 6.07) is 2.11. The Balaban J connectivity index is 2.01. The molecule has 1 aromatic heterocycles. The van der Waals surface area contributed by atoms with Crippen molar-refractivity contribution in [3.05, 3.63) is 31.9 Å². The number of nitrogens with zero attached hydrogens (tertiary/aromatic N) is 4. The third-order valence-corrected chi connectivity index (χ3v) is 9.01. The zero-order valence-electron chi connectivity index (χ0n) is 24.3. The maximum Gasteiger partial charge on any atom is 0.309 e. The minimum absolute atomic E-state index is 0.0962. The number of carbonyl (C=O) groups excluding carboxylic acids is 2. The van der Waals surface area contributed by atoms with Crippen LogP contribution in [0.25, 0.3) is 6.08 Å². The Bertz CT molecular complexity index is 1230. The van der Waals surface area contributed by atoms with Crippen molar-refractivity contribution in [2.24, 2.45) is 5.92 Å². The maximum absolute atomic E-state index is 13.5. The van der Waals surface area contributed by atoms with Crippen LogP contribution in [0.5, 0.6) is 0 Å². The molecular weight excluding hydrogens is 544 g/mol. The number of nitriles is 1. The van der Waals surface area contributed by atoms with E-state index >= 15 is 0 Å². The Kier molecular flexibility index (Phi) is 12.3. The van der Waals surface area contributed by atoms with Crippen LogP contribution in [-0.4, -0.2) is 51.9 Å². The van der Waals surface area contributed by atoms with Gasteiger partial charge in [-0.2, -0.15) is 5.26 Å². The summed E-state index contributed by atoms with van der Waals surface area (Å²) >= 11 is 6.86. The van der Waals surface area contributed by atoms with Gasteiger partial charge in [-0.15, -0.1) is 0 Å². The molecule has 0 atom stereocenters. The molecular formula is C30H42N4O4S2. The largest absolute Gasteiger partial charge is 0.466 e. The lowest BCUT2D eigenvalue weighted by molar-refractivity contribution is -0.148. The van der Waals surface area contributed by atoms with Crippen LogP contribution >= 0.6 is 24.0 Å². The monoisotopic (exact) mass is 586 g/mol. The summed E-state index contributed by atoms with van der Waals surface area (Å²) in [6.45, 7) is 10.4. The molecule has 2 saturated heterocycles. The van der Waals surface area contributed by atoms with Crippen molar-refractivity contribution in [2.45, 2.75) is 92.0 Å². The number of hydrogen-bond acceptors (Lipinski definition) is 8. The second-order valence-electron chi connectivity index (χ2n) is 10.4. The van der Waals surface area contributed by atoms with Gasteiger partial charge >= 0.3 is 5.97 Å². The molecule has 0 aliphatic carbocycles. The summed E-state index contributed by atoms with van der Waals surface area (Å²) in [4.78, 5) is 43.6. The average molecular weight is 587 g/mol. The van der Waals surface area contributed by atoms with Gasteiger partial charge in [0.1, 0.15) is 21.8 Å². The summed E-state index contributed by atoms with van der Waals surface area (Å²) in [5, 5.41) is 9.93. The van der Waals surface area contributed by atoms with E-state index < -0.39 is 0 Å². The quantitative estimate of drug-likeness (QED) is 0.124. The fraction of sp³-hybridized carbons (Fsp3) is 0.633. The predicted octanol–water partition coefficient (Wildman–Crippen LogP) is 5.78. The molecule has 0 spiro atoms. The second-order valence-corrected chi connectivity index (χ2v) is 12.1. The van der Waals surface area contributed by atoms with Crippen LogP contribution in [-0.2, 0) is 20.9 Å². The Hall–Kier alpha value is -2.64. The predicted molar refractivity (Wildman–Crippen MR) is 165 cm³/mol. The highest BCUT2D eigenvalue weighted by molar-refractivity contribution is 8.26. The third kappa shape index (κ3) is 7.35. The van der Waals surface area contributed by atoms with E-state index in [2.05, 4.69) is 24.8 Å². The number of aromatic nitrogens is 1. The Morgan fingerprint density at radius 3 is 2.38 bits per heavy atom. The van der Waals surface area contributed by atoms with Crippen LogP contribution in [0, 0.1) is 24.2 Å². The van der Waals surface area contributed by atoms with Gasteiger partial charge in [0, 0.05) is 31.7 Å². The van der Waals surface area contributed by atoms with Crippen molar-refractivity contribution in [1.82, 2.24) is 9.47 Å². The van der Waals surface area contributed by atoms with Crippen LogP contribution in [0.2, 0.25) is 0 Å². The molecule has 218 valence electrons. The number of amides is 1. The number of piperidine rings is 1. The van der Waals surface area contributed by atoms with Gasteiger partial charge in [-0.25, -0.2) is 0 Å². The van der Waals surface area contributed by atoms with Gasteiger partial charge in [-0.05, 0) is 51.2 Å². The van der Waals surface area contributed by atoms with Crippen LogP contribution in [0.1, 0.15) is 95.2 Å². The molecule has 10 heteroatoms. The number of ether oxygens (including phenoxy) is 1. The summed E-state index contributed by atoms with van der Waals surface area (Å²) in [7, 11) is 0. The Labute approximate surface area is 247 Å². The molecule has 1 aromatic rings. The van der Waals surface area contributed by atoms with Crippen LogP contribution in [0.3, 0.4) is 0 Å². The van der Waals surface area contributed by atoms with E-state index in [0.717, 1.165) is 38.5 Å². The zero-order valence-corrected chi connectivity index (χ0v) is 25.9. The molecule has 2 fully saturated rings. The number of rotatable bonds is 13. The minimum Gasteiger partial charge on any atom is -0.466 e. The van der Waals surface area contributed by atoms with E-state index in [9.17, 15) is 19.6 Å². The Morgan fingerprint density at radius 2 is 1.75 bits per heavy atom. The molecule has 3 heterocycles. The lowest BCUT2D eigenvalue weighted by atomic mass is 9.95. The lowest BCUT2D eigenvalue weighted by Gasteiger charge is -2.35. The normalized spacial score (nSPS) is 17.1. The van der Waals surface area contributed by atoms with Crippen molar-refractivity contribution in [3.63, 3.8) is 0 Å². The van der Waals surface area contributed by atoms with Gasteiger partial charge in [0.15, 0.2) is 0 Å². The lowest BCUT2D eigenvalue weighted by Crippen LogP contribution is -2.41. The number of thiocarbonyl (C=S) groups is 1. The third-order valence-electron chi connectivity index (χ3n) is 7.63. The first-order valence-corrected chi connectivity index (χ1v) is 15.9.